The van der Waals surface area contributed by atoms with Crippen molar-refractivity contribution in [2.45, 2.75) is 38.5 Å². The van der Waals surface area contributed by atoms with Gasteiger partial charge in [0.1, 0.15) is 23.9 Å². The van der Waals surface area contributed by atoms with Gasteiger partial charge in [-0.1, -0.05) is 32.1 Å². The van der Waals surface area contributed by atoms with Crippen LogP contribution in [-0.4, -0.2) is 47.1 Å². The number of carbonyl (C=O) groups excluding carboxylic acids is 1. The zero-order valence-electron chi connectivity index (χ0n) is 22.1. The molecule has 1 unspecified atom stereocenters. The Bertz CT molecular complexity index is 1440. The Morgan fingerprint density at radius 2 is 1.62 bits per heavy atom. The van der Waals surface area contributed by atoms with E-state index in [1.165, 1.54) is 63.0 Å². The van der Waals surface area contributed by atoms with Crippen LogP contribution < -0.4 is 4.74 Å². The number of ether oxygens (including phenoxy) is 1. The Balaban J connectivity index is 1.13. The average molecular weight is 542 g/mol. The fourth-order valence-electron chi connectivity index (χ4n) is 6.32. The van der Waals surface area contributed by atoms with E-state index in [0.29, 0.717) is 17.7 Å². The lowest BCUT2D eigenvalue weighted by molar-refractivity contribution is 0.104. The summed E-state index contributed by atoms with van der Waals surface area (Å²) in [5.41, 5.74) is 2.05. The lowest BCUT2D eigenvalue weighted by Gasteiger charge is -2.27. The van der Waals surface area contributed by atoms with E-state index in [9.17, 15) is 15.0 Å². The number of phenolic OH excluding ortho intramolecular Hbond substituents is 2. The molecule has 6 rings (SSSR count). The molecule has 1 aromatic heterocycles. The van der Waals surface area contributed by atoms with Crippen LogP contribution in [0.15, 0.2) is 66.7 Å². The number of aromatic hydroxyl groups is 2. The Labute approximate surface area is 233 Å². The number of rotatable bonds is 8. The number of ketones is 1. The molecule has 1 saturated heterocycles. The Morgan fingerprint density at radius 3 is 2.38 bits per heavy atom. The molecule has 39 heavy (non-hydrogen) atoms. The number of phenols is 2. The van der Waals surface area contributed by atoms with Crippen molar-refractivity contribution >= 4 is 27.2 Å². The molecule has 6 heteroatoms. The molecule has 5 nitrogen and oxygen atoms in total. The maximum Gasteiger partial charge on any atom is 0.195 e. The Morgan fingerprint density at radius 1 is 0.872 bits per heavy atom. The van der Waals surface area contributed by atoms with Crippen LogP contribution in [0.5, 0.6) is 17.2 Å². The summed E-state index contributed by atoms with van der Waals surface area (Å²) < 4.78 is 6.90. The Kier molecular flexibility index (Phi) is 7.58. The highest BCUT2D eigenvalue weighted by atomic mass is 32.1. The van der Waals surface area contributed by atoms with Crippen LogP contribution in [0.2, 0.25) is 0 Å². The maximum atomic E-state index is 13.8. The molecule has 202 valence electrons. The summed E-state index contributed by atoms with van der Waals surface area (Å²) in [6.45, 7) is 3.97. The molecule has 0 amide bonds. The zero-order chi connectivity index (χ0) is 26.8. The number of likely N-dealkylation sites (tertiary alicyclic amines) is 1. The number of benzene rings is 3. The van der Waals surface area contributed by atoms with Crippen LogP contribution in [0.3, 0.4) is 0 Å². The summed E-state index contributed by atoms with van der Waals surface area (Å²) >= 11 is 1.46. The molecule has 1 aliphatic heterocycles. The molecule has 1 saturated carbocycles. The van der Waals surface area contributed by atoms with E-state index in [4.69, 9.17) is 4.74 Å². The van der Waals surface area contributed by atoms with Gasteiger partial charge < -0.3 is 14.9 Å². The molecule has 3 aromatic carbocycles. The van der Waals surface area contributed by atoms with Gasteiger partial charge in [-0.25, -0.2) is 0 Å². The van der Waals surface area contributed by atoms with Crippen molar-refractivity contribution in [3.05, 3.63) is 77.9 Å². The third-order valence-electron chi connectivity index (χ3n) is 8.45. The first-order valence-electron chi connectivity index (χ1n) is 14.1. The molecule has 1 atom stereocenters. The maximum absolute atomic E-state index is 13.8. The summed E-state index contributed by atoms with van der Waals surface area (Å²) in [4.78, 5) is 17.1. The van der Waals surface area contributed by atoms with Gasteiger partial charge in [0.25, 0.3) is 0 Å². The fraction of sp³-hybridized carbons (Fsp3) is 0.364. The molecule has 0 radical (unpaired) electrons. The quantitative estimate of drug-likeness (QED) is 0.226. The minimum Gasteiger partial charge on any atom is -0.508 e. The second kappa shape index (κ2) is 11.4. The summed E-state index contributed by atoms with van der Waals surface area (Å²) in [7, 11) is 0. The zero-order valence-corrected chi connectivity index (χ0v) is 23.0. The number of nitrogens with zero attached hydrogens (tertiary/aromatic N) is 1. The topological polar surface area (TPSA) is 70.0 Å². The third kappa shape index (κ3) is 5.68. The summed E-state index contributed by atoms with van der Waals surface area (Å²) in [6.07, 6.45) is 8.39. The van der Waals surface area contributed by atoms with Crippen LogP contribution in [0, 0.1) is 11.8 Å². The van der Waals surface area contributed by atoms with Crippen molar-refractivity contribution in [1.82, 2.24) is 4.90 Å². The number of fused-ring (bicyclic) bond motifs is 1. The van der Waals surface area contributed by atoms with Crippen molar-refractivity contribution in [2.75, 3.05) is 26.2 Å². The van der Waals surface area contributed by atoms with E-state index in [2.05, 4.69) is 4.90 Å². The third-order valence-corrected chi connectivity index (χ3v) is 9.65. The number of hydrogen-bond donors (Lipinski definition) is 2. The SMILES string of the molecule is O=C(c1ccc(OCCN2CCC(C3CCCCC3)C2)cc1)c1c(-c2ccc(O)cc2)sc2cc(O)ccc12. The van der Waals surface area contributed by atoms with Crippen molar-refractivity contribution < 1.29 is 19.7 Å². The largest absolute Gasteiger partial charge is 0.508 e. The predicted octanol–water partition coefficient (Wildman–Crippen LogP) is 7.49. The van der Waals surface area contributed by atoms with Crippen LogP contribution in [-0.2, 0) is 0 Å². The summed E-state index contributed by atoms with van der Waals surface area (Å²) in [5, 5.41) is 20.6. The van der Waals surface area contributed by atoms with Crippen molar-refractivity contribution in [3.63, 3.8) is 0 Å². The number of thiophene rings is 1. The van der Waals surface area contributed by atoms with E-state index < -0.39 is 0 Å². The van der Waals surface area contributed by atoms with Gasteiger partial charge in [-0.05, 0) is 97.1 Å². The number of hydrogen-bond acceptors (Lipinski definition) is 6. The second-order valence-corrected chi connectivity index (χ2v) is 12.0. The lowest BCUT2D eigenvalue weighted by Crippen LogP contribution is -2.28. The summed E-state index contributed by atoms with van der Waals surface area (Å²) in [5.74, 6) is 2.82. The van der Waals surface area contributed by atoms with E-state index in [0.717, 1.165) is 44.7 Å². The van der Waals surface area contributed by atoms with Crippen molar-refractivity contribution in [1.29, 1.82) is 0 Å². The molecule has 4 aromatic rings. The van der Waals surface area contributed by atoms with Gasteiger partial charge >= 0.3 is 0 Å². The van der Waals surface area contributed by atoms with E-state index in [-0.39, 0.29) is 17.3 Å². The Hall–Kier alpha value is -3.35. The lowest BCUT2D eigenvalue weighted by atomic mass is 9.80. The fourth-order valence-corrected chi connectivity index (χ4v) is 7.56. The first-order valence-corrected chi connectivity index (χ1v) is 14.9. The minimum atomic E-state index is -0.0765. The highest BCUT2D eigenvalue weighted by molar-refractivity contribution is 7.22. The molecule has 2 N–H and O–H groups in total. The first-order chi connectivity index (χ1) is 19.0. The number of carbonyl (C=O) groups is 1. The predicted molar refractivity (Wildman–Crippen MR) is 157 cm³/mol. The van der Waals surface area contributed by atoms with Gasteiger partial charge in [0.2, 0.25) is 0 Å². The molecule has 2 aliphatic rings. The summed E-state index contributed by atoms with van der Waals surface area (Å²) in [6, 6.07) is 19.4. The van der Waals surface area contributed by atoms with E-state index in [1.807, 2.05) is 36.4 Å². The van der Waals surface area contributed by atoms with E-state index in [1.54, 1.807) is 30.3 Å². The van der Waals surface area contributed by atoms with Gasteiger partial charge in [0.05, 0.1) is 0 Å². The second-order valence-electron chi connectivity index (χ2n) is 11.0. The highest BCUT2D eigenvalue weighted by Crippen LogP contribution is 2.41. The minimum absolute atomic E-state index is 0.0765. The standard InChI is InChI=1S/C33H35NO4S/c35-26-10-6-24(7-11-26)33-31(29-15-12-27(36)20-30(29)39-33)32(37)23-8-13-28(14-9-23)38-19-18-34-17-16-25(21-34)22-4-2-1-3-5-22/h6-15,20,22,25,35-36H,1-5,16-19,21H2. The van der Waals surface area contributed by atoms with Crippen molar-refractivity contribution in [3.8, 4) is 27.7 Å². The molecular formula is C33H35NO4S. The molecule has 2 heterocycles. The van der Waals surface area contributed by atoms with Gasteiger partial charge in [-0.15, -0.1) is 11.3 Å². The van der Waals surface area contributed by atoms with Gasteiger partial charge in [-0.3, -0.25) is 9.69 Å². The normalized spacial score (nSPS) is 18.5. The van der Waals surface area contributed by atoms with Crippen molar-refractivity contribution in [2.24, 2.45) is 11.8 Å². The highest BCUT2D eigenvalue weighted by Gasteiger charge is 2.30. The molecule has 0 bridgehead atoms. The van der Waals surface area contributed by atoms with Crippen LogP contribution in [0.4, 0.5) is 0 Å². The molecule has 1 aliphatic carbocycles. The van der Waals surface area contributed by atoms with E-state index >= 15 is 0 Å². The smallest absolute Gasteiger partial charge is 0.195 e. The molecular weight excluding hydrogens is 506 g/mol. The van der Waals surface area contributed by atoms with Gasteiger partial charge in [0, 0.05) is 39.2 Å². The molecule has 2 fully saturated rings. The van der Waals surface area contributed by atoms with Gasteiger partial charge in [0.15, 0.2) is 5.78 Å². The monoisotopic (exact) mass is 541 g/mol. The average Bonchev–Trinajstić information content (AvgIpc) is 3.59. The van der Waals surface area contributed by atoms with Crippen LogP contribution in [0.25, 0.3) is 20.5 Å². The molecule has 0 spiro atoms. The van der Waals surface area contributed by atoms with Crippen LogP contribution in [0.1, 0.15) is 54.4 Å². The first kappa shape index (κ1) is 25.9. The van der Waals surface area contributed by atoms with Crippen LogP contribution >= 0.6 is 11.3 Å². The van der Waals surface area contributed by atoms with Gasteiger partial charge in [-0.2, -0.15) is 0 Å².